The van der Waals surface area contributed by atoms with Crippen molar-refractivity contribution in [2.45, 2.75) is 38.7 Å². The van der Waals surface area contributed by atoms with Crippen molar-refractivity contribution in [2.75, 3.05) is 6.61 Å². The summed E-state index contributed by atoms with van der Waals surface area (Å²) in [4.78, 5) is 0. The molecule has 0 aromatic heterocycles. The van der Waals surface area contributed by atoms with E-state index in [4.69, 9.17) is 4.74 Å². The van der Waals surface area contributed by atoms with Gasteiger partial charge in [-0.15, -0.1) is 0 Å². The Balaban J connectivity index is 2.27. The van der Waals surface area contributed by atoms with Gasteiger partial charge in [0.2, 0.25) is 0 Å². The van der Waals surface area contributed by atoms with Crippen LogP contribution in [-0.4, -0.2) is 12.7 Å². The molecule has 1 unspecified atom stereocenters. The highest BCUT2D eigenvalue weighted by Crippen LogP contribution is 2.10. The van der Waals surface area contributed by atoms with E-state index in [9.17, 15) is 0 Å². The monoisotopic (exact) mass is 140 g/mol. The van der Waals surface area contributed by atoms with E-state index in [0.717, 1.165) is 19.4 Å². The maximum absolute atomic E-state index is 5.58. The third-order valence-corrected chi connectivity index (χ3v) is 1.92. The molecule has 1 aliphatic heterocycles. The molecule has 0 bridgehead atoms. The Bertz CT molecular complexity index is 107. The lowest BCUT2D eigenvalue weighted by Gasteiger charge is -2.16. The lowest BCUT2D eigenvalue weighted by atomic mass is 10.1. The van der Waals surface area contributed by atoms with Gasteiger partial charge in [0.25, 0.3) is 0 Å². The van der Waals surface area contributed by atoms with Crippen LogP contribution < -0.4 is 0 Å². The molecular formula is C9H16O. The second kappa shape index (κ2) is 4.51. The quantitative estimate of drug-likeness (QED) is 0.508. The third kappa shape index (κ3) is 2.53. The Morgan fingerprint density at radius 1 is 1.40 bits per heavy atom. The minimum Gasteiger partial charge on any atom is -0.378 e. The Kier molecular flexibility index (Phi) is 3.52. The Morgan fingerprint density at radius 2 is 2.20 bits per heavy atom. The van der Waals surface area contributed by atoms with E-state index in [2.05, 4.69) is 19.1 Å². The van der Waals surface area contributed by atoms with Crippen LogP contribution in [0.2, 0.25) is 0 Å². The van der Waals surface area contributed by atoms with Gasteiger partial charge in [0.1, 0.15) is 0 Å². The van der Waals surface area contributed by atoms with E-state index in [1.807, 2.05) is 0 Å². The lowest BCUT2D eigenvalue weighted by molar-refractivity contribution is 0.0468. The van der Waals surface area contributed by atoms with Crippen molar-refractivity contribution >= 4 is 0 Å². The summed E-state index contributed by atoms with van der Waals surface area (Å²) in [6.45, 7) is 3.10. The molecule has 0 saturated carbocycles. The van der Waals surface area contributed by atoms with Gasteiger partial charge in [0, 0.05) is 0 Å². The number of hydrogen-bond acceptors (Lipinski definition) is 1. The smallest absolute Gasteiger partial charge is 0.0575 e. The van der Waals surface area contributed by atoms with Crippen LogP contribution >= 0.6 is 0 Å². The summed E-state index contributed by atoms with van der Waals surface area (Å²) in [5, 5.41) is 0. The molecule has 0 aromatic rings. The summed E-state index contributed by atoms with van der Waals surface area (Å²) in [7, 11) is 0. The van der Waals surface area contributed by atoms with Crippen molar-refractivity contribution in [3.05, 3.63) is 12.2 Å². The van der Waals surface area contributed by atoms with Gasteiger partial charge in [-0.3, -0.25) is 0 Å². The zero-order valence-corrected chi connectivity index (χ0v) is 6.68. The normalized spacial score (nSPS) is 30.7. The second-order valence-electron chi connectivity index (χ2n) is 2.74. The van der Waals surface area contributed by atoms with Crippen LogP contribution in [0.25, 0.3) is 0 Å². The Hall–Kier alpha value is -0.300. The number of allylic oxidation sites excluding steroid dienone is 1. The van der Waals surface area contributed by atoms with E-state index in [1.54, 1.807) is 0 Å². The van der Waals surface area contributed by atoms with Crippen LogP contribution in [0.4, 0.5) is 0 Å². The average Bonchev–Trinajstić information content (AvgIpc) is 1.87. The summed E-state index contributed by atoms with van der Waals surface area (Å²) in [6.07, 6.45) is 9.65. The fourth-order valence-electron chi connectivity index (χ4n) is 1.23. The van der Waals surface area contributed by atoms with Gasteiger partial charge in [-0.25, -0.2) is 0 Å². The Labute approximate surface area is 63.1 Å². The molecule has 1 heterocycles. The molecule has 1 aliphatic rings. The second-order valence-corrected chi connectivity index (χ2v) is 2.74. The van der Waals surface area contributed by atoms with E-state index in [0.29, 0.717) is 6.10 Å². The first-order chi connectivity index (χ1) is 4.93. The Morgan fingerprint density at radius 3 is 3.00 bits per heavy atom. The molecule has 0 amide bonds. The highest BCUT2D eigenvalue weighted by atomic mass is 16.5. The van der Waals surface area contributed by atoms with Crippen LogP contribution in [0.5, 0.6) is 0 Å². The minimum atomic E-state index is 0.518. The average molecular weight is 140 g/mol. The molecule has 0 aromatic carbocycles. The molecule has 1 heteroatoms. The van der Waals surface area contributed by atoms with Crippen LogP contribution in [0.3, 0.4) is 0 Å². The van der Waals surface area contributed by atoms with E-state index < -0.39 is 0 Å². The van der Waals surface area contributed by atoms with Crippen LogP contribution in [-0.2, 0) is 4.74 Å². The first kappa shape index (κ1) is 7.80. The lowest BCUT2D eigenvalue weighted by Crippen LogP contribution is -2.13. The molecule has 0 aliphatic carbocycles. The van der Waals surface area contributed by atoms with Gasteiger partial charge in [0.05, 0.1) is 12.7 Å². The maximum atomic E-state index is 5.58. The molecule has 0 saturated heterocycles. The molecule has 58 valence electrons. The molecule has 0 spiro atoms. The van der Waals surface area contributed by atoms with Crippen molar-refractivity contribution in [1.29, 1.82) is 0 Å². The predicted molar refractivity (Wildman–Crippen MR) is 43.0 cm³/mol. The minimum absolute atomic E-state index is 0.518. The van der Waals surface area contributed by atoms with Crippen LogP contribution in [0.15, 0.2) is 12.2 Å². The van der Waals surface area contributed by atoms with Gasteiger partial charge in [0.15, 0.2) is 0 Å². The van der Waals surface area contributed by atoms with Crippen LogP contribution in [0, 0.1) is 0 Å². The first-order valence-corrected chi connectivity index (χ1v) is 4.20. The van der Waals surface area contributed by atoms with Crippen LogP contribution in [0.1, 0.15) is 32.6 Å². The number of ether oxygens (including phenoxy) is 1. The molecule has 10 heavy (non-hydrogen) atoms. The molecule has 1 nitrogen and oxygen atoms in total. The largest absolute Gasteiger partial charge is 0.378 e. The molecule has 1 rings (SSSR count). The van der Waals surface area contributed by atoms with Gasteiger partial charge in [-0.2, -0.15) is 0 Å². The topological polar surface area (TPSA) is 9.23 Å². The summed E-state index contributed by atoms with van der Waals surface area (Å²) >= 11 is 0. The van der Waals surface area contributed by atoms with Gasteiger partial charge < -0.3 is 4.74 Å². The van der Waals surface area contributed by atoms with Crippen molar-refractivity contribution in [1.82, 2.24) is 0 Å². The molecule has 0 fully saturated rings. The SMILES string of the molecule is CCC1CC/C=C/CCO1. The summed E-state index contributed by atoms with van der Waals surface area (Å²) < 4.78 is 5.58. The summed E-state index contributed by atoms with van der Waals surface area (Å²) in [5.41, 5.74) is 0. The molecule has 0 N–H and O–H groups in total. The van der Waals surface area contributed by atoms with Gasteiger partial charge in [-0.05, 0) is 25.7 Å². The predicted octanol–water partition coefficient (Wildman–Crippen LogP) is 2.52. The van der Waals surface area contributed by atoms with Gasteiger partial charge in [-0.1, -0.05) is 19.1 Å². The zero-order valence-electron chi connectivity index (χ0n) is 6.68. The maximum Gasteiger partial charge on any atom is 0.0575 e. The van der Waals surface area contributed by atoms with Crippen molar-refractivity contribution in [2.24, 2.45) is 0 Å². The summed E-state index contributed by atoms with van der Waals surface area (Å²) in [5.74, 6) is 0. The van der Waals surface area contributed by atoms with Crippen molar-refractivity contribution < 1.29 is 4.74 Å². The number of hydrogen-bond donors (Lipinski definition) is 0. The summed E-state index contributed by atoms with van der Waals surface area (Å²) in [6, 6.07) is 0. The van der Waals surface area contributed by atoms with E-state index in [-0.39, 0.29) is 0 Å². The highest BCUT2D eigenvalue weighted by molar-refractivity contribution is 4.84. The highest BCUT2D eigenvalue weighted by Gasteiger charge is 2.05. The zero-order chi connectivity index (χ0) is 7.23. The van der Waals surface area contributed by atoms with Gasteiger partial charge >= 0.3 is 0 Å². The van der Waals surface area contributed by atoms with E-state index >= 15 is 0 Å². The van der Waals surface area contributed by atoms with E-state index in [1.165, 1.54) is 12.8 Å². The fourth-order valence-corrected chi connectivity index (χ4v) is 1.23. The van der Waals surface area contributed by atoms with Crippen molar-refractivity contribution in [3.63, 3.8) is 0 Å². The first-order valence-electron chi connectivity index (χ1n) is 4.20. The van der Waals surface area contributed by atoms with Crippen molar-refractivity contribution in [3.8, 4) is 0 Å². The number of rotatable bonds is 1. The molecule has 1 atom stereocenters. The molecule has 0 radical (unpaired) electrons. The standard InChI is InChI=1S/C9H16O/c1-2-9-7-5-3-4-6-8-10-9/h3-4,9H,2,5-8H2,1H3/b4-3+. The molecular weight excluding hydrogens is 124 g/mol. The third-order valence-electron chi connectivity index (χ3n) is 1.92. The fraction of sp³-hybridized carbons (Fsp3) is 0.778.